The maximum Gasteiger partial charge on any atom is 0.164 e. The van der Waals surface area contributed by atoms with Crippen LogP contribution in [0.5, 0.6) is 5.75 Å². The van der Waals surface area contributed by atoms with Crippen molar-refractivity contribution in [3.8, 4) is 5.75 Å². The molecule has 0 saturated heterocycles. The molecule has 0 atom stereocenters. The highest BCUT2D eigenvalue weighted by atomic mass is 16.5. The molecule has 5 heteroatoms. The number of benzene rings is 1. The Balaban J connectivity index is 2.02. The van der Waals surface area contributed by atoms with E-state index in [1.807, 2.05) is 25.2 Å². The Morgan fingerprint density at radius 2 is 2.17 bits per heavy atom. The minimum absolute atomic E-state index is 0.430. The van der Waals surface area contributed by atoms with Crippen molar-refractivity contribution in [2.45, 2.75) is 20.1 Å². The number of nitrogens with one attached hydrogen (secondary N) is 1. The standard InChI is InChI=1S/C13H18N4O/c1-3-14-8-11-6-4-5-7-12(11)18-9-13-15-10-16-17(13)2/h4-7,10,14H,3,8-9H2,1-2H3. The zero-order chi connectivity index (χ0) is 12.8. The van der Waals surface area contributed by atoms with Crippen LogP contribution in [0.3, 0.4) is 0 Å². The lowest BCUT2D eigenvalue weighted by Gasteiger charge is -2.11. The number of nitrogens with zero attached hydrogens (tertiary/aromatic N) is 3. The van der Waals surface area contributed by atoms with Crippen molar-refractivity contribution in [2.24, 2.45) is 7.05 Å². The summed E-state index contributed by atoms with van der Waals surface area (Å²) in [6, 6.07) is 8.03. The Kier molecular flexibility index (Phi) is 4.30. The first-order chi connectivity index (χ1) is 8.81. The second-order valence-electron chi connectivity index (χ2n) is 3.98. The summed E-state index contributed by atoms with van der Waals surface area (Å²) in [5, 5.41) is 7.31. The van der Waals surface area contributed by atoms with Gasteiger partial charge in [0.25, 0.3) is 0 Å². The van der Waals surface area contributed by atoms with Gasteiger partial charge in [-0.05, 0) is 12.6 Å². The Morgan fingerprint density at radius 3 is 2.89 bits per heavy atom. The van der Waals surface area contributed by atoms with Crippen molar-refractivity contribution in [3.63, 3.8) is 0 Å². The molecule has 0 radical (unpaired) electrons. The van der Waals surface area contributed by atoms with Crippen LogP contribution in [-0.2, 0) is 20.2 Å². The number of para-hydroxylation sites is 1. The fourth-order valence-corrected chi connectivity index (χ4v) is 1.64. The van der Waals surface area contributed by atoms with E-state index in [1.165, 1.54) is 6.33 Å². The molecule has 1 N–H and O–H groups in total. The number of aromatic nitrogens is 3. The monoisotopic (exact) mass is 246 g/mol. The molecule has 5 nitrogen and oxygen atoms in total. The van der Waals surface area contributed by atoms with Gasteiger partial charge in [0.2, 0.25) is 0 Å². The summed E-state index contributed by atoms with van der Waals surface area (Å²) in [5.74, 6) is 1.70. The SMILES string of the molecule is CCNCc1ccccc1OCc1ncnn1C. The summed E-state index contributed by atoms with van der Waals surface area (Å²) in [7, 11) is 1.86. The average Bonchev–Trinajstić information content (AvgIpc) is 2.80. The molecule has 0 fully saturated rings. The van der Waals surface area contributed by atoms with Gasteiger partial charge in [0.05, 0.1) is 0 Å². The fraction of sp³-hybridized carbons (Fsp3) is 0.385. The minimum Gasteiger partial charge on any atom is -0.485 e. The van der Waals surface area contributed by atoms with Crippen LogP contribution >= 0.6 is 0 Å². The van der Waals surface area contributed by atoms with Crippen molar-refractivity contribution in [3.05, 3.63) is 42.0 Å². The minimum atomic E-state index is 0.430. The number of ether oxygens (including phenoxy) is 1. The molecule has 2 aromatic rings. The van der Waals surface area contributed by atoms with Crippen LogP contribution in [0.1, 0.15) is 18.3 Å². The fourth-order valence-electron chi connectivity index (χ4n) is 1.64. The second kappa shape index (κ2) is 6.16. The summed E-state index contributed by atoms with van der Waals surface area (Å²) >= 11 is 0. The number of hydrogen-bond acceptors (Lipinski definition) is 4. The Hall–Kier alpha value is -1.88. The smallest absolute Gasteiger partial charge is 0.164 e. The van der Waals surface area contributed by atoms with E-state index in [0.29, 0.717) is 6.61 Å². The molecule has 0 amide bonds. The van der Waals surface area contributed by atoms with Gasteiger partial charge in [-0.3, -0.25) is 4.68 Å². The Labute approximate surface area is 107 Å². The molecule has 0 aliphatic rings. The van der Waals surface area contributed by atoms with Gasteiger partial charge >= 0.3 is 0 Å². The molecule has 0 spiro atoms. The van der Waals surface area contributed by atoms with Crippen molar-refractivity contribution in [1.29, 1.82) is 0 Å². The normalized spacial score (nSPS) is 10.6. The predicted octanol–water partition coefficient (Wildman–Crippen LogP) is 1.50. The average molecular weight is 246 g/mol. The lowest BCUT2D eigenvalue weighted by molar-refractivity contribution is 0.286. The maximum atomic E-state index is 5.80. The van der Waals surface area contributed by atoms with E-state index in [9.17, 15) is 0 Å². The first-order valence-corrected chi connectivity index (χ1v) is 6.05. The highest BCUT2D eigenvalue weighted by Crippen LogP contribution is 2.18. The van der Waals surface area contributed by atoms with Gasteiger partial charge in [-0.2, -0.15) is 5.10 Å². The summed E-state index contributed by atoms with van der Waals surface area (Å²) in [6.45, 7) is 4.27. The highest BCUT2D eigenvalue weighted by Gasteiger charge is 2.05. The van der Waals surface area contributed by atoms with E-state index in [1.54, 1.807) is 4.68 Å². The lowest BCUT2D eigenvalue weighted by Crippen LogP contribution is -2.13. The molecule has 0 aliphatic heterocycles. The van der Waals surface area contributed by atoms with Crippen LogP contribution in [-0.4, -0.2) is 21.3 Å². The Bertz CT molecular complexity index is 495. The van der Waals surface area contributed by atoms with E-state index in [-0.39, 0.29) is 0 Å². The lowest BCUT2D eigenvalue weighted by atomic mass is 10.2. The first kappa shape index (κ1) is 12.6. The Morgan fingerprint density at radius 1 is 1.33 bits per heavy atom. The topological polar surface area (TPSA) is 52.0 Å². The quantitative estimate of drug-likeness (QED) is 0.839. The molecule has 1 aromatic carbocycles. The van der Waals surface area contributed by atoms with Gasteiger partial charge in [-0.15, -0.1) is 0 Å². The summed E-state index contributed by atoms with van der Waals surface area (Å²) in [6.07, 6.45) is 1.53. The molecule has 0 bridgehead atoms. The maximum absolute atomic E-state index is 5.80. The zero-order valence-corrected chi connectivity index (χ0v) is 10.8. The molecule has 1 heterocycles. The van der Waals surface area contributed by atoms with E-state index in [4.69, 9.17) is 4.74 Å². The molecule has 18 heavy (non-hydrogen) atoms. The molecule has 0 aliphatic carbocycles. The van der Waals surface area contributed by atoms with Crippen molar-refractivity contribution >= 4 is 0 Å². The summed E-state index contributed by atoms with van der Waals surface area (Å²) < 4.78 is 7.51. The van der Waals surface area contributed by atoms with Crippen LogP contribution in [0.2, 0.25) is 0 Å². The molecule has 2 rings (SSSR count). The predicted molar refractivity (Wildman–Crippen MR) is 69.2 cm³/mol. The van der Waals surface area contributed by atoms with E-state index in [0.717, 1.165) is 30.2 Å². The summed E-state index contributed by atoms with van der Waals surface area (Å²) in [5.41, 5.74) is 1.15. The van der Waals surface area contributed by atoms with Crippen molar-refractivity contribution < 1.29 is 4.74 Å². The molecule has 0 unspecified atom stereocenters. The zero-order valence-electron chi connectivity index (χ0n) is 10.8. The van der Waals surface area contributed by atoms with Gasteiger partial charge in [-0.25, -0.2) is 4.98 Å². The van der Waals surface area contributed by atoms with E-state index >= 15 is 0 Å². The van der Waals surface area contributed by atoms with E-state index in [2.05, 4.69) is 28.4 Å². The molecular weight excluding hydrogens is 228 g/mol. The van der Waals surface area contributed by atoms with Gasteiger partial charge in [0, 0.05) is 19.2 Å². The molecular formula is C13H18N4O. The molecule has 96 valence electrons. The van der Waals surface area contributed by atoms with Crippen molar-refractivity contribution in [2.75, 3.05) is 6.54 Å². The molecule has 0 saturated carbocycles. The van der Waals surface area contributed by atoms with Gasteiger partial charge < -0.3 is 10.1 Å². The van der Waals surface area contributed by atoms with Crippen LogP contribution in [0, 0.1) is 0 Å². The van der Waals surface area contributed by atoms with Crippen LogP contribution in [0.4, 0.5) is 0 Å². The molecule has 1 aromatic heterocycles. The third kappa shape index (κ3) is 3.07. The van der Waals surface area contributed by atoms with Gasteiger partial charge in [0.15, 0.2) is 5.82 Å². The van der Waals surface area contributed by atoms with Crippen LogP contribution < -0.4 is 10.1 Å². The van der Waals surface area contributed by atoms with Crippen LogP contribution in [0.15, 0.2) is 30.6 Å². The van der Waals surface area contributed by atoms with Crippen molar-refractivity contribution in [1.82, 2.24) is 20.1 Å². The summed E-state index contributed by atoms with van der Waals surface area (Å²) in [4.78, 5) is 4.13. The number of rotatable bonds is 6. The van der Waals surface area contributed by atoms with Gasteiger partial charge in [-0.1, -0.05) is 25.1 Å². The third-order valence-electron chi connectivity index (χ3n) is 2.70. The first-order valence-electron chi connectivity index (χ1n) is 6.05. The third-order valence-corrected chi connectivity index (χ3v) is 2.70. The van der Waals surface area contributed by atoms with Crippen LogP contribution in [0.25, 0.3) is 0 Å². The van der Waals surface area contributed by atoms with E-state index < -0.39 is 0 Å². The second-order valence-corrected chi connectivity index (χ2v) is 3.98. The number of aryl methyl sites for hydroxylation is 1. The van der Waals surface area contributed by atoms with Gasteiger partial charge in [0.1, 0.15) is 18.7 Å². The highest BCUT2D eigenvalue weighted by molar-refractivity contribution is 5.33. The number of hydrogen-bond donors (Lipinski definition) is 1. The largest absolute Gasteiger partial charge is 0.485 e.